The lowest BCUT2D eigenvalue weighted by atomic mass is 10.1. The highest BCUT2D eigenvalue weighted by molar-refractivity contribution is 14.0. The average molecular weight is 502 g/mol. The summed E-state index contributed by atoms with van der Waals surface area (Å²) in [7, 11) is 1.78. The fraction of sp³-hybridized carbons (Fsp3) is 0.619. The number of guanidine groups is 1. The Balaban J connectivity index is 0.00000392. The molecular weight excluding hydrogens is 467 g/mol. The Bertz CT molecular complexity index is 610. The molecule has 1 aliphatic heterocycles. The molecule has 7 heteroatoms. The lowest BCUT2D eigenvalue weighted by Gasteiger charge is -2.19. The van der Waals surface area contributed by atoms with Crippen molar-refractivity contribution < 1.29 is 9.53 Å². The Hall–Kier alpha value is -1.35. The predicted octanol–water partition coefficient (Wildman–Crippen LogP) is 3.30. The molecule has 1 aromatic carbocycles. The maximum atomic E-state index is 11.9. The van der Waals surface area contributed by atoms with E-state index in [1.54, 1.807) is 7.05 Å². The first-order valence-corrected chi connectivity index (χ1v) is 10.1. The number of aliphatic imine (C=N–C) groups is 1. The normalized spacial score (nSPS) is 14.1. The van der Waals surface area contributed by atoms with Crippen LogP contribution < -0.4 is 10.6 Å². The molecule has 1 saturated heterocycles. The first kappa shape index (κ1) is 24.7. The van der Waals surface area contributed by atoms with Gasteiger partial charge in [-0.25, -0.2) is 0 Å². The number of carbonyl (C=O) groups is 1. The maximum Gasteiger partial charge on any atom is 0.222 e. The second kappa shape index (κ2) is 14.6. The minimum Gasteiger partial charge on any atom is -0.381 e. The van der Waals surface area contributed by atoms with E-state index in [2.05, 4.69) is 34.7 Å². The summed E-state index contributed by atoms with van der Waals surface area (Å²) in [6.45, 7) is 6.86. The van der Waals surface area contributed by atoms with Crippen LogP contribution in [-0.2, 0) is 22.6 Å². The molecular formula is C21H35IN4O2. The van der Waals surface area contributed by atoms with E-state index in [1.807, 2.05) is 17.0 Å². The van der Waals surface area contributed by atoms with E-state index < -0.39 is 0 Å². The molecule has 0 saturated carbocycles. The van der Waals surface area contributed by atoms with Gasteiger partial charge in [0.25, 0.3) is 0 Å². The molecule has 158 valence electrons. The van der Waals surface area contributed by atoms with Crippen molar-refractivity contribution >= 4 is 35.8 Å². The molecule has 0 aromatic heterocycles. The van der Waals surface area contributed by atoms with E-state index in [1.165, 1.54) is 17.5 Å². The van der Waals surface area contributed by atoms with Crippen molar-refractivity contribution in [1.82, 2.24) is 15.5 Å². The fourth-order valence-corrected chi connectivity index (χ4v) is 3.09. The average Bonchev–Trinajstić information content (AvgIpc) is 3.09. The summed E-state index contributed by atoms with van der Waals surface area (Å²) in [5.41, 5.74) is 2.39. The number of rotatable bonds is 11. The van der Waals surface area contributed by atoms with Gasteiger partial charge in [0, 0.05) is 52.9 Å². The van der Waals surface area contributed by atoms with E-state index in [4.69, 9.17) is 4.74 Å². The molecule has 0 atom stereocenters. The van der Waals surface area contributed by atoms with E-state index in [0.29, 0.717) is 19.5 Å². The van der Waals surface area contributed by atoms with E-state index in [0.717, 1.165) is 51.5 Å². The van der Waals surface area contributed by atoms with E-state index >= 15 is 0 Å². The van der Waals surface area contributed by atoms with Gasteiger partial charge >= 0.3 is 0 Å². The number of ether oxygens (including phenoxy) is 1. The molecule has 2 rings (SSSR count). The van der Waals surface area contributed by atoms with Gasteiger partial charge in [-0.1, -0.05) is 37.6 Å². The first-order chi connectivity index (χ1) is 13.2. The number of amides is 1. The summed E-state index contributed by atoms with van der Waals surface area (Å²) in [5.74, 6) is 1.05. The fourth-order valence-electron chi connectivity index (χ4n) is 3.09. The Kier molecular flexibility index (Phi) is 12.9. The van der Waals surface area contributed by atoms with Crippen LogP contribution in [0.3, 0.4) is 0 Å². The first-order valence-electron chi connectivity index (χ1n) is 10.1. The van der Waals surface area contributed by atoms with Gasteiger partial charge in [0.2, 0.25) is 5.91 Å². The molecule has 2 N–H and O–H groups in total. The van der Waals surface area contributed by atoms with Crippen LogP contribution in [0.1, 0.15) is 50.2 Å². The molecule has 6 nitrogen and oxygen atoms in total. The summed E-state index contributed by atoms with van der Waals surface area (Å²) in [5, 5.41) is 6.69. The number of halogens is 1. The van der Waals surface area contributed by atoms with E-state index in [-0.39, 0.29) is 29.9 Å². The zero-order chi connectivity index (χ0) is 19.3. The SMILES string of the molecule is CCCCOCCCNC(=NC)NCc1ccccc1CN1CCCC1=O.I. The summed E-state index contributed by atoms with van der Waals surface area (Å²) < 4.78 is 5.57. The third-order valence-corrected chi connectivity index (χ3v) is 4.72. The third kappa shape index (κ3) is 8.77. The van der Waals surface area contributed by atoms with Gasteiger partial charge in [0.15, 0.2) is 5.96 Å². The predicted molar refractivity (Wildman–Crippen MR) is 125 cm³/mol. The minimum atomic E-state index is 0. The van der Waals surface area contributed by atoms with Crippen molar-refractivity contribution in [3.63, 3.8) is 0 Å². The van der Waals surface area contributed by atoms with Gasteiger partial charge < -0.3 is 20.3 Å². The van der Waals surface area contributed by atoms with Crippen molar-refractivity contribution in [2.24, 2.45) is 4.99 Å². The van der Waals surface area contributed by atoms with E-state index in [9.17, 15) is 4.79 Å². The standard InChI is InChI=1S/C21H34N4O2.HI/c1-3-4-14-27-15-8-12-23-21(22-2)24-16-18-9-5-6-10-19(18)17-25-13-7-11-20(25)26;/h5-6,9-10H,3-4,7-8,11-17H2,1-2H3,(H2,22,23,24);1H. The maximum absolute atomic E-state index is 11.9. The van der Waals surface area contributed by atoms with Crippen LogP contribution in [0.5, 0.6) is 0 Å². The van der Waals surface area contributed by atoms with Crippen molar-refractivity contribution in [2.45, 2.75) is 52.1 Å². The van der Waals surface area contributed by atoms with Crippen LogP contribution in [0.25, 0.3) is 0 Å². The third-order valence-electron chi connectivity index (χ3n) is 4.72. The Morgan fingerprint density at radius 2 is 1.93 bits per heavy atom. The second-order valence-electron chi connectivity index (χ2n) is 6.86. The van der Waals surface area contributed by atoms with Gasteiger partial charge in [-0.2, -0.15) is 0 Å². The molecule has 1 heterocycles. The lowest BCUT2D eigenvalue weighted by Crippen LogP contribution is -2.38. The van der Waals surface area contributed by atoms with Gasteiger partial charge in [0.05, 0.1) is 0 Å². The molecule has 0 unspecified atom stereocenters. The van der Waals surface area contributed by atoms with Crippen LogP contribution in [0.4, 0.5) is 0 Å². The van der Waals surface area contributed by atoms with Gasteiger partial charge in [-0.3, -0.25) is 9.79 Å². The molecule has 28 heavy (non-hydrogen) atoms. The van der Waals surface area contributed by atoms with Crippen LogP contribution >= 0.6 is 24.0 Å². The highest BCUT2D eigenvalue weighted by Crippen LogP contribution is 2.17. The van der Waals surface area contributed by atoms with Crippen LogP contribution in [-0.4, -0.2) is 50.1 Å². The summed E-state index contributed by atoms with van der Waals surface area (Å²) in [4.78, 5) is 18.1. The second-order valence-corrected chi connectivity index (χ2v) is 6.86. The zero-order valence-corrected chi connectivity index (χ0v) is 19.5. The number of hydrogen-bond acceptors (Lipinski definition) is 3. The Morgan fingerprint density at radius 3 is 2.61 bits per heavy atom. The number of hydrogen-bond donors (Lipinski definition) is 2. The van der Waals surface area contributed by atoms with Crippen molar-refractivity contribution in [1.29, 1.82) is 0 Å². The van der Waals surface area contributed by atoms with Crippen LogP contribution in [0.2, 0.25) is 0 Å². The molecule has 1 amide bonds. The number of unbranched alkanes of at least 4 members (excludes halogenated alkanes) is 1. The summed E-state index contributed by atoms with van der Waals surface area (Å²) in [6.07, 6.45) is 4.90. The molecule has 1 aliphatic rings. The highest BCUT2D eigenvalue weighted by Gasteiger charge is 2.20. The number of benzene rings is 1. The lowest BCUT2D eigenvalue weighted by molar-refractivity contribution is -0.128. The number of likely N-dealkylation sites (tertiary alicyclic amines) is 1. The Labute approximate surface area is 186 Å². The molecule has 0 bridgehead atoms. The number of nitrogens with zero attached hydrogens (tertiary/aromatic N) is 2. The highest BCUT2D eigenvalue weighted by atomic mass is 127. The summed E-state index contributed by atoms with van der Waals surface area (Å²) in [6, 6.07) is 8.28. The van der Waals surface area contributed by atoms with Gasteiger partial charge in [0.1, 0.15) is 0 Å². The molecule has 1 fully saturated rings. The van der Waals surface area contributed by atoms with Crippen molar-refractivity contribution in [3.05, 3.63) is 35.4 Å². The van der Waals surface area contributed by atoms with Crippen molar-refractivity contribution in [3.8, 4) is 0 Å². The van der Waals surface area contributed by atoms with Crippen LogP contribution in [0, 0.1) is 0 Å². The monoisotopic (exact) mass is 502 g/mol. The summed E-state index contributed by atoms with van der Waals surface area (Å²) >= 11 is 0. The van der Waals surface area contributed by atoms with Gasteiger partial charge in [-0.05, 0) is 30.4 Å². The van der Waals surface area contributed by atoms with Crippen LogP contribution in [0.15, 0.2) is 29.3 Å². The molecule has 0 aliphatic carbocycles. The number of carbonyl (C=O) groups excluding carboxylic acids is 1. The van der Waals surface area contributed by atoms with Crippen molar-refractivity contribution in [2.75, 3.05) is 33.4 Å². The quantitative estimate of drug-likeness (QED) is 0.211. The Morgan fingerprint density at radius 1 is 1.18 bits per heavy atom. The molecule has 0 radical (unpaired) electrons. The molecule has 1 aromatic rings. The number of nitrogens with one attached hydrogen (secondary N) is 2. The zero-order valence-electron chi connectivity index (χ0n) is 17.2. The topological polar surface area (TPSA) is 66.0 Å². The minimum absolute atomic E-state index is 0. The smallest absolute Gasteiger partial charge is 0.222 e. The molecule has 0 spiro atoms. The van der Waals surface area contributed by atoms with Gasteiger partial charge in [-0.15, -0.1) is 24.0 Å². The largest absolute Gasteiger partial charge is 0.381 e.